The predicted octanol–water partition coefficient (Wildman–Crippen LogP) is 7.68. The number of hydrogen-bond acceptors (Lipinski definition) is 6. The Kier molecular flexibility index (Phi) is 14.9. The predicted molar refractivity (Wildman–Crippen MR) is 172 cm³/mol. The van der Waals surface area contributed by atoms with E-state index in [1.54, 1.807) is 6.08 Å². The smallest absolute Gasteiger partial charge is 0.396 e. The van der Waals surface area contributed by atoms with Gasteiger partial charge in [-0.15, -0.1) is 11.6 Å². The van der Waals surface area contributed by atoms with E-state index in [9.17, 15) is 31.4 Å². The minimum absolute atomic E-state index is 0.145. The highest BCUT2D eigenvalue weighted by atomic mass is 35.5. The van der Waals surface area contributed by atoms with Gasteiger partial charge in [0.25, 0.3) is 0 Å². The van der Waals surface area contributed by atoms with E-state index in [-0.39, 0.29) is 25.8 Å². The molecule has 6 nitrogen and oxygen atoms in total. The van der Waals surface area contributed by atoms with Crippen LogP contribution in [0.5, 0.6) is 0 Å². The lowest BCUT2D eigenvalue weighted by Gasteiger charge is -2.29. The number of halogens is 8. The van der Waals surface area contributed by atoms with Gasteiger partial charge in [-0.25, -0.2) is 0 Å². The van der Waals surface area contributed by atoms with Crippen molar-refractivity contribution in [2.24, 2.45) is 22.7 Å². The van der Waals surface area contributed by atoms with Crippen LogP contribution >= 0.6 is 23.2 Å². The third-order valence-electron chi connectivity index (χ3n) is 8.07. The van der Waals surface area contributed by atoms with E-state index in [4.69, 9.17) is 38.5 Å². The van der Waals surface area contributed by atoms with Crippen LogP contribution in [0, 0.1) is 11.8 Å². The zero-order valence-corrected chi connectivity index (χ0v) is 27.5. The molecule has 2 aliphatic carbocycles. The van der Waals surface area contributed by atoms with Gasteiger partial charge in [0.1, 0.15) is 12.2 Å². The lowest BCUT2D eigenvalue weighted by molar-refractivity contribution is -0.101. The Morgan fingerprint density at radius 2 is 1.83 bits per heavy atom. The molecule has 4 N–H and O–H groups in total. The number of ether oxygens (including phenoxy) is 1. The second-order valence-corrected chi connectivity index (χ2v) is 12.5. The fraction of sp³-hybridized carbons (Fsp3) is 0.545. The Morgan fingerprint density at radius 1 is 1.11 bits per heavy atom. The number of aliphatic hydroxyl groups is 1. The molecule has 0 aliphatic heterocycles. The van der Waals surface area contributed by atoms with Crippen LogP contribution in [0.25, 0.3) is 0 Å². The molecule has 0 aromatic heterocycles. The van der Waals surface area contributed by atoms with Crippen LogP contribution in [0.4, 0.5) is 26.3 Å². The quantitative estimate of drug-likeness (QED) is 0.0508. The molecule has 14 heteroatoms. The number of oxime groups is 1. The first-order chi connectivity index (χ1) is 22.2. The molecule has 4 atom stereocenters. The Bertz CT molecular complexity index is 1310. The molecule has 0 bridgehead atoms. The SMILES string of the molecule is CCC(O)(CNCCC(C1=CC=C(Cl)C(Cl)C1)/C(COCC1C=C(C(F)(F)F)C=C(C(F)(F)F)C1)=N/OCCCN)c1ccccc1. The average Bonchev–Trinajstić information content (AvgIpc) is 3.03. The summed E-state index contributed by atoms with van der Waals surface area (Å²) in [4.78, 5) is 5.51. The highest BCUT2D eigenvalue weighted by Crippen LogP contribution is 2.40. The highest BCUT2D eigenvalue weighted by Gasteiger charge is 2.42. The molecular weight excluding hydrogens is 671 g/mol. The lowest BCUT2D eigenvalue weighted by atomic mass is 9.85. The molecule has 0 radical (unpaired) electrons. The Morgan fingerprint density at radius 3 is 2.45 bits per heavy atom. The normalized spacial score (nSPS) is 21.3. The molecule has 3 rings (SSSR count). The number of rotatable bonds is 17. The van der Waals surface area contributed by atoms with Crippen LogP contribution < -0.4 is 11.1 Å². The van der Waals surface area contributed by atoms with Crippen molar-refractivity contribution in [2.75, 3.05) is 39.5 Å². The maximum Gasteiger partial charge on any atom is 0.416 e. The second kappa shape index (κ2) is 17.9. The Hall–Kier alpha value is -2.35. The molecule has 262 valence electrons. The van der Waals surface area contributed by atoms with Crippen LogP contribution in [-0.2, 0) is 15.2 Å². The number of hydrogen-bond donors (Lipinski definition) is 3. The number of alkyl halides is 7. The van der Waals surface area contributed by atoms with Gasteiger partial charge in [0.05, 0.1) is 29.9 Å². The molecule has 0 fully saturated rings. The van der Waals surface area contributed by atoms with E-state index in [2.05, 4.69) is 10.5 Å². The molecule has 47 heavy (non-hydrogen) atoms. The fourth-order valence-electron chi connectivity index (χ4n) is 5.36. The van der Waals surface area contributed by atoms with Gasteiger partial charge in [0, 0.05) is 29.0 Å². The molecule has 1 aromatic rings. The van der Waals surface area contributed by atoms with Crippen molar-refractivity contribution in [2.45, 2.75) is 62.4 Å². The Balaban J connectivity index is 1.80. The third kappa shape index (κ3) is 11.9. The minimum Gasteiger partial charge on any atom is -0.396 e. The molecule has 2 aliphatic rings. The van der Waals surface area contributed by atoms with Crippen LogP contribution in [0.3, 0.4) is 0 Å². The fourth-order valence-corrected chi connectivity index (χ4v) is 5.75. The average molecular weight is 713 g/mol. The summed E-state index contributed by atoms with van der Waals surface area (Å²) in [6.07, 6.45) is -4.34. The lowest BCUT2D eigenvalue weighted by Crippen LogP contribution is -2.39. The van der Waals surface area contributed by atoms with Gasteiger partial charge in [-0.05, 0) is 62.9 Å². The second-order valence-electron chi connectivity index (χ2n) is 11.6. The number of nitrogens with one attached hydrogen (secondary N) is 1. The summed E-state index contributed by atoms with van der Waals surface area (Å²) in [5, 5.41) is 18.8. The van der Waals surface area contributed by atoms with E-state index in [1.165, 1.54) is 0 Å². The van der Waals surface area contributed by atoms with Gasteiger partial charge in [-0.1, -0.05) is 71.7 Å². The van der Waals surface area contributed by atoms with E-state index >= 15 is 0 Å². The number of allylic oxidation sites excluding steroid dienone is 7. The van der Waals surface area contributed by atoms with Gasteiger partial charge < -0.3 is 25.7 Å². The first-order valence-electron chi connectivity index (χ1n) is 15.4. The van der Waals surface area contributed by atoms with Crippen LogP contribution in [0.15, 0.2) is 81.5 Å². The van der Waals surface area contributed by atoms with Crippen molar-refractivity contribution in [3.63, 3.8) is 0 Å². The van der Waals surface area contributed by atoms with Gasteiger partial charge in [-0.3, -0.25) is 0 Å². The number of nitrogens with two attached hydrogens (primary N) is 1. The molecule has 1 aromatic carbocycles. The van der Waals surface area contributed by atoms with Crippen LogP contribution in [0.2, 0.25) is 0 Å². The summed E-state index contributed by atoms with van der Waals surface area (Å²) >= 11 is 12.7. The molecule has 0 heterocycles. The summed E-state index contributed by atoms with van der Waals surface area (Å²) < 4.78 is 86.3. The molecule has 0 amide bonds. The zero-order chi connectivity index (χ0) is 34.7. The summed E-state index contributed by atoms with van der Waals surface area (Å²) in [7, 11) is 0. The molecular formula is C33H41Cl2F6N3O3. The summed E-state index contributed by atoms with van der Waals surface area (Å²) in [6.45, 7) is 2.44. The van der Waals surface area contributed by atoms with Gasteiger partial charge in [0.15, 0.2) is 0 Å². The van der Waals surface area contributed by atoms with E-state index in [1.807, 2.05) is 43.3 Å². The maximum absolute atomic E-state index is 13.4. The topological polar surface area (TPSA) is 89.1 Å². The first-order valence-corrected chi connectivity index (χ1v) is 16.2. The van der Waals surface area contributed by atoms with Gasteiger partial charge in [-0.2, -0.15) is 26.3 Å². The van der Waals surface area contributed by atoms with Gasteiger partial charge in [0.2, 0.25) is 0 Å². The monoisotopic (exact) mass is 711 g/mol. The van der Waals surface area contributed by atoms with Crippen LogP contribution in [0.1, 0.15) is 44.6 Å². The number of nitrogens with zero attached hydrogens (tertiary/aromatic N) is 1. The van der Waals surface area contributed by atoms with Crippen molar-refractivity contribution >= 4 is 28.9 Å². The number of benzene rings is 1. The molecule has 0 saturated carbocycles. The summed E-state index contributed by atoms with van der Waals surface area (Å²) in [6, 6.07) is 9.27. The van der Waals surface area contributed by atoms with Crippen molar-refractivity contribution in [3.8, 4) is 0 Å². The van der Waals surface area contributed by atoms with E-state index in [0.29, 0.717) is 49.5 Å². The standard InChI is InChI=1S/C33H41Cl2F6N3O3/c1-2-31(45,24-7-4-3-5-8-24)21-43-13-11-27(23-9-10-28(34)29(35)17-23)30(44-47-14-6-12-42)20-46-19-22-15-25(32(36,37)38)18-26(16-22)33(39,40)41/h3-5,7-10,15,18,22,27,29,43,45H,2,6,11-14,16-17,19-21,42H2,1H3/b44-30+. The van der Waals surface area contributed by atoms with E-state index in [0.717, 1.165) is 17.2 Å². The summed E-state index contributed by atoms with van der Waals surface area (Å²) in [5.41, 5.74) is 3.81. The highest BCUT2D eigenvalue weighted by molar-refractivity contribution is 6.37. The zero-order valence-electron chi connectivity index (χ0n) is 26.0. The minimum atomic E-state index is -4.94. The van der Waals surface area contributed by atoms with Crippen molar-refractivity contribution in [1.82, 2.24) is 5.32 Å². The Labute approximate surface area is 281 Å². The molecule has 0 spiro atoms. The van der Waals surface area contributed by atoms with Crippen molar-refractivity contribution in [1.29, 1.82) is 0 Å². The van der Waals surface area contributed by atoms with Crippen molar-refractivity contribution < 1.29 is 41.0 Å². The molecule has 0 saturated heterocycles. The molecule has 4 unspecified atom stereocenters. The van der Waals surface area contributed by atoms with Gasteiger partial charge >= 0.3 is 12.4 Å². The van der Waals surface area contributed by atoms with E-state index < -0.39 is 59.3 Å². The third-order valence-corrected chi connectivity index (χ3v) is 8.96. The summed E-state index contributed by atoms with van der Waals surface area (Å²) in [5.74, 6) is -1.60. The first kappa shape index (κ1) is 39.1. The van der Waals surface area contributed by atoms with Crippen LogP contribution in [-0.4, -0.2) is 68.0 Å². The maximum atomic E-state index is 13.4. The van der Waals surface area contributed by atoms with Crippen molar-refractivity contribution in [3.05, 3.63) is 82.0 Å². The largest absolute Gasteiger partial charge is 0.416 e.